The quantitative estimate of drug-likeness (QED) is 0.857. The topological polar surface area (TPSA) is 35.2 Å². The zero-order valence-electron chi connectivity index (χ0n) is 11.3. The Morgan fingerprint density at radius 1 is 1.32 bits per heavy atom. The first-order chi connectivity index (χ1) is 8.84. The van der Waals surface area contributed by atoms with Crippen molar-refractivity contribution in [2.24, 2.45) is 5.73 Å². The minimum atomic E-state index is -4.32. The second-order valence-electron chi connectivity index (χ2n) is 4.62. The van der Waals surface area contributed by atoms with Crippen LogP contribution in [0.2, 0.25) is 0 Å². The van der Waals surface area contributed by atoms with Crippen LogP contribution < -0.4 is 10.5 Å². The maximum Gasteiger partial charge on any atom is 0.416 e. The Morgan fingerprint density at radius 3 is 2.53 bits per heavy atom. The van der Waals surface area contributed by atoms with Crippen LogP contribution in [0.4, 0.5) is 13.2 Å². The molecule has 0 aliphatic rings. The molecule has 0 spiro atoms. The second-order valence-corrected chi connectivity index (χ2v) is 4.62. The average molecular weight is 275 g/mol. The van der Waals surface area contributed by atoms with Crippen LogP contribution in [0, 0.1) is 0 Å². The third-order valence-corrected chi connectivity index (χ3v) is 2.79. The molecular formula is C14H20F3NO. The lowest BCUT2D eigenvalue weighted by atomic mass is 10.0. The molecule has 5 heteroatoms. The van der Waals surface area contributed by atoms with Crippen molar-refractivity contribution in [1.82, 2.24) is 0 Å². The molecule has 0 bridgehead atoms. The number of rotatable bonds is 6. The Bertz CT molecular complexity index is 402. The largest absolute Gasteiger partial charge is 0.494 e. The highest BCUT2D eigenvalue weighted by Gasteiger charge is 2.31. The summed E-state index contributed by atoms with van der Waals surface area (Å²) in [5, 5.41) is 0. The number of nitrogens with two attached hydrogens (primary N) is 1. The standard InChI is InChI=1S/C14H20F3NO/c1-3-19-13-8-7-12(14(15,16)17)9-11(13)6-4-5-10(2)18/h7-10H,3-6,18H2,1-2H3. The predicted octanol–water partition coefficient (Wildman–Crippen LogP) is 3.77. The normalized spacial score (nSPS) is 13.4. The lowest BCUT2D eigenvalue weighted by Gasteiger charge is -2.14. The molecule has 0 aliphatic carbocycles. The van der Waals surface area contributed by atoms with Crippen molar-refractivity contribution >= 4 is 0 Å². The van der Waals surface area contributed by atoms with Crippen LogP contribution in [0.3, 0.4) is 0 Å². The maximum atomic E-state index is 12.7. The molecule has 0 heterocycles. The van der Waals surface area contributed by atoms with Crippen molar-refractivity contribution in [2.45, 2.75) is 45.3 Å². The summed E-state index contributed by atoms with van der Waals surface area (Å²) < 4.78 is 43.4. The van der Waals surface area contributed by atoms with Crippen LogP contribution in [-0.4, -0.2) is 12.6 Å². The third kappa shape index (κ3) is 5.11. The van der Waals surface area contributed by atoms with E-state index in [0.29, 0.717) is 24.3 Å². The van der Waals surface area contributed by atoms with Crippen molar-refractivity contribution in [3.63, 3.8) is 0 Å². The first-order valence-corrected chi connectivity index (χ1v) is 6.43. The molecule has 2 nitrogen and oxygen atoms in total. The molecule has 1 atom stereocenters. The lowest BCUT2D eigenvalue weighted by molar-refractivity contribution is -0.137. The van der Waals surface area contributed by atoms with E-state index in [2.05, 4.69) is 0 Å². The summed E-state index contributed by atoms with van der Waals surface area (Å²) in [5.74, 6) is 0.528. The van der Waals surface area contributed by atoms with E-state index in [9.17, 15) is 13.2 Å². The van der Waals surface area contributed by atoms with Crippen LogP contribution in [0.15, 0.2) is 18.2 Å². The van der Waals surface area contributed by atoms with Gasteiger partial charge in [0.05, 0.1) is 12.2 Å². The van der Waals surface area contributed by atoms with Crippen LogP contribution >= 0.6 is 0 Å². The highest BCUT2D eigenvalue weighted by Crippen LogP contribution is 2.33. The van der Waals surface area contributed by atoms with Crippen molar-refractivity contribution in [3.05, 3.63) is 29.3 Å². The van der Waals surface area contributed by atoms with Gasteiger partial charge in [-0.15, -0.1) is 0 Å². The van der Waals surface area contributed by atoms with E-state index in [1.165, 1.54) is 12.1 Å². The van der Waals surface area contributed by atoms with Gasteiger partial charge < -0.3 is 10.5 Å². The Labute approximate surface area is 111 Å². The van der Waals surface area contributed by atoms with Crippen molar-refractivity contribution in [2.75, 3.05) is 6.61 Å². The van der Waals surface area contributed by atoms with Gasteiger partial charge in [-0.05, 0) is 56.9 Å². The van der Waals surface area contributed by atoms with Gasteiger partial charge in [0.15, 0.2) is 0 Å². The number of hydrogen-bond donors (Lipinski definition) is 1. The molecule has 0 aromatic heterocycles. The van der Waals surface area contributed by atoms with E-state index in [1.807, 2.05) is 13.8 Å². The van der Waals surface area contributed by atoms with Gasteiger partial charge in [0.2, 0.25) is 0 Å². The predicted molar refractivity (Wildman–Crippen MR) is 69.2 cm³/mol. The highest BCUT2D eigenvalue weighted by molar-refractivity contribution is 5.38. The van der Waals surface area contributed by atoms with E-state index in [4.69, 9.17) is 10.5 Å². The maximum absolute atomic E-state index is 12.7. The number of ether oxygens (including phenoxy) is 1. The Balaban J connectivity index is 2.89. The van der Waals surface area contributed by atoms with Gasteiger partial charge in [-0.3, -0.25) is 0 Å². The summed E-state index contributed by atoms with van der Waals surface area (Å²) in [6, 6.07) is 3.68. The van der Waals surface area contributed by atoms with Crippen molar-refractivity contribution < 1.29 is 17.9 Å². The van der Waals surface area contributed by atoms with Crippen LogP contribution in [-0.2, 0) is 12.6 Å². The van der Waals surface area contributed by atoms with Gasteiger partial charge >= 0.3 is 6.18 Å². The average Bonchev–Trinajstić information content (AvgIpc) is 2.29. The fraction of sp³-hybridized carbons (Fsp3) is 0.571. The molecule has 108 valence electrons. The molecule has 1 aromatic rings. The molecule has 1 rings (SSSR count). The Kier molecular flexibility index (Phi) is 5.66. The van der Waals surface area contributed by atoms with Crippen LogP contribution in [0.5, 0.6) is 5.75 Å². The number of hydrogen-bond acceptors (Lipinski definition) is 2. The molecule has 1 aromatic carbocycles. The Morgan fingerprint density at radius 2 is 2.00 bits per heavy atom. The molecule has 19 heavy (non-hydrogen) atoms. The van der Waals surface area contributed by atoms with Gasteiger partial charge in [0.25, 0.3) is 0 Å². The van der Waals surface area contributed by atoms with E-state index in [-0.39, 0.29) is 6.04 Å². The Hall–Kier alpha value is -1.23. The highest BCUT2D eigenvalue weighted by atomic mass is 19.4. The fourth-order valence-electron chi connectivity index (χ4n) is 1.86. The molecule has 0 amide bonds. The first-order valence-electron chi connectivity index (χ1n) is 6.43. The van der Waals surface area contributed by atoms with E-state index >= 15 is 0 Å². The number of alkyl halides is 3. The molecule has 0 radical (unpaired) electrons. The number of halogens is 3. The van der Waals surface area contributed by atoms with Gasteiger partial charge in [-0.25, -0.2) is 0 Å². The summed E-state index contributed by atoms with van der Waals surface area (Å²) in [5.41, 5.74) is 5.60. The van der Waals surface area contributed by atoms with Gasteiger partial charge in [-0.2, -0.15) is 13.2 Å². The summed E-state index contributed by atoms with van der Waals surface area (Å²) in [4.78, 5) is 0. The van der Waals surface area contributed by atoms with Crippen molar-refractivity contribution in [1.29, 1.82) is 0 Å². The van der Waals surface area contributed by atoms with Crippen LogP contribution in [0.1, 0.15) is 37.8 Å². The molecule has 1 unspecified atom stereocenters. The number of benzene rings is 1. The van der Waals surface area contributed by atoms with Crippen LogP contribution in [0.25, 0.3) is 0 Å². The smallest absolute Gasteiger partial charge is 0.416 e. The molecule has 0 fully saturated rings. The molecule has 0 aliphatic heterocycles. The fourth-order valence-corrected chi connectivity index (χ4v) is 1.86. The summed E-state index contributed by atoms with van der Waals surface area (Å²) in [6.07, 6.45) is -2.25. The van der Waals surface area contributed by atoms with E-state index < -0.39 is 11.7 Å². The first kappa shape index (κ1) is 15.8. The summed E-state index contributed by atoms with van der Waals surface area (Å²) >= 11 is 0. The van der Waals surface area contributed by atoms with Gasteiger partial charge in [0, 0.05) is 6.04 Å². The summed E-state index contributed by atoms with van der Waals surface area (Å²) in [6.45, 7) is 4.13. The third-order valence-electron chi connectivity index (χ3n) is 2.79. The minimum Gasteiger partial charge on any atom is -0.494 e. The zero-order chi connectivity index (χ0) is 14.5. The molecule has 2 N–H and O–H groups in total. The van der Waals surface area contributed by atoms with E-state index in [0.717, 1.165) is 18.9 Å². The van der Waals surface area contributed by atoms with Gasteiger partial charge in [0.1, 0.15) is 5.75 Å². The molecule has 0 saturated carbocycles. The lowest BCUT2D eigenvalue weighted by Crippen LogP contribution is -2.14. The van der Waals surface area contributed by atoms with E-state index in [1.54, 1.807) is 0 Å². The molecular weight excluding hydrogens is 255 g/mol. The van der Waals surface area contributed by atoms with Gasteiger partial charge in [-0.1, -0.05) is 0 Å². The zero-order valence-corrected chi connectivity index (χ0v) is 11.3. The molecule has 0 saturated heterocycles. The minimum absolute atomic E-state index is 0.0568. The van der Waals surface area contributed by atoms with Crippen molar-refractivity contribution in [3.8, 4) is 5.75 Å². The number of aryl methyl sites for hydroxylation is 1. The second kappa shape index (κ2) is 6.80. The monoisotopic (exact) mass is 275 g/mol. The SMILES string of the molecule is CCOc1ccc(C(F)(F)F)cc1CCCC(C)N. The summed E-state index contributed by atoms with van der Waals surface area (Å²) in [7, 11) is 0.